The predicted molar refractivity (Wildman–Crippen MR) is 88.8 cm³/mol. The average molecular weight is 375 g/mol. The molecule has 3 rings (SSSR count). The van der Waals surface area contributed by atoms with Crippen LogP contribution in [0.2, 0.25) is 5.02 Å². The number of halogens is 2. The molecule has 1 aromatic carbocycles. The van der Waals surface area contributed by atoms with E-state index in [9.17, 15) is 17.6 Å². The van der Waals surface area contributed by atoms with E-state index in [1.54, 1.807) is 4.90 Å². The van der Waals surface area contributed by atoms with Gasteiger partial charge in [0.25, 0.3) is 0 Å². The summed E-state index contributed by atoms with van der Waals surface area (Å²) in [5.41, 5.74) is 0.233. The number of hydrogen-bond acceptors (Lipinski definition) is 3. The van der Waals surface area contributed by atoms with E-state index in [0.717, 1.165) is 25.3 Å². The molecule has 8 heteroatoms. The van der Waals surface area contributed by atoms with Crippen LogP contribution in [0.1, 0.15) is 24.8 Å². The molecule has 1 aliphatic carbocycles. The molecule has 0 radical (unpaired) electrons. The van der Waals surface area contributed by atoms with Crippen molar-refractivity contribution in [3.05, 3.63) is 28.5 Å². The lowest BCUT2D eigenvalue weighted by Gasteiger charge is -2.37. The normalized spacial score (nSPS) is 20.0. The highest BCUT2D eigenvalue weighted by Gasteiger charge is 2.35. The molecule has 0 unspecified atom stereocenters. The first-order chi connectivity index (χ1) is 11.3. The molecular formula is C16H20ClFN2O3S. The number of hydrogen-bond donors (Lipinski definition) is 0. The van der Waals surface area contributed by atoms with Gasteiger partial charge in [-0.25, -0.2) is 12.8 Å². The van der Waals surface area contributed by atoms with Gasteiger partial charge in [0.05, 0.1) is 5.02 Å². The highest BCUT2D eigenvalue weighted by Crippen LogP contribution is 2.30. The summed E-state index contributed by atoms with van der Waals surface area (Å²) in [6.45, 7) is 2.72. The fourth-order valence-corrected chi connectivity index (χ4v) is 5.03. The van der Waals surface area contributed by atoms with Crippen molar-refractivity contribution in [2.24, 2.45) is 5.92 Å². The minimum absolute atomic E-state index is 0.0816. The number of carbonyl (C=O) groups is 1. The Morgan fingerprint density at radius 1 is 1.21 bits per heavy atom. The van der Waals surface area contributed by atoms with Gasteiger partial charge in [-0.2, -0.15) is 4.31 Å². The first-order valence-electron chi connectivity index (χ1n) is 8.05. The molecule has 0 aromatic heterocycles. The SMILES string of the molecule is Cc1cc(S(=O)(=O)N2CCN(C(=O)C3CCC3)CC2)c(Cl)cc1F. The molecule has 2 fully saturated rings. The van der Waals surface area contributed by atoms with E-state index in [2.05, 4.69) is 0 Å². The second-order valence-electron chi connectivity index (χ2n) is 6.39. The molecule has 1 aliphatic heterocycles. The van der Waals surface area contributed by atoms with Crippen molar-refractivity contribution in [3.63, 3.8) is 0 Å². The second kappa shape index (κ2) is 6.61. The highest BCUT2D eigenvalue weighted by atomic mass is 35.5. The van der Waals surface area contributed by atoms with Crippen LogP contribution in [0, 0.1) is 18.7 Å². The number of aryl methyl sites for hydroxylation is 1. The molecule has 0 N–H and O–H groups in total. The van der Waals surface area contributed by atoms with Crippen molar-refractivity contribution in [1.82, 2.24) is 9.21 Å². The molecule has 2 aliphatic rings. The number of benzene rings is 1. The zero-order chi connectivity index (χ0) is 17.5. The van der Waals surface area contributed by atoms with Gasteiger partial charge in [0, 0.05) is 32.1 Å². The molecule has 0 bridgehead atoms. The van der Waals surface area contributed by atoms with E-state index in [1.807, 2.05) is 0 Å². The van der Waals surface area contributed by atoms with Crippen LogP contribution in [0.15, 0.2) is 17.0 Å². The Morgan fingerprint density at radius 2 is 1.83 bits per heavy atom. The molecule has 5 nitrogen and oxygen atoms in total. The maximum atomic E-state index is 13.5. The van der Waals surface area contributed by atoms with E-state index in [0.29, 0.717) is 13.1 Å². The van der Waals surface area contributed by atoms with Gasteiger partial charge in [0.1, 0.15) is 10.7 Å². The van der Waals surface area contributed by atoms with Crippen molar-refractivity contribution in [2.75, 3.05) is 26.2 Å². The third kappa shape index (κ3) is 3.17. The maximum Gasteiger partial charge on any atom is 0.244 e. The average Bonchev–Trinajstić information content (AvgIpc) is 2.49. The van der Waals surface area contributed by atoms with Crippen LogP contribution in [-0.4, -0.2) is 49.7 Å². The van der Waals surface area contributed by atoms with Crippen LogP contribution >= 0.6 is 11.6 Å². The van der Waals surface area contributed by atoms with Gasteiger partial charge < -0.3 is 4.90 Å². The summed E-state index contributed by atoms with van der Waals surface area (Å²) in [6, 6.07) is 2.29. The molecule has 0 atom stereocenters. The zero-order valence-electron chi connectivity index (χ0n) is 13.5. The van der Waals surface area contributed by atoms with Gasteiger partial charge in [-0.1, -0.05) is 18.0 Å². The van der Waals surface area contributed by atoms with E-state index >= 15 is 0 Å². The number of rotatable bonds is 3. The third-order valence-corrected chi connectivity index (χ3v) is 7.20. The smallest absolute Gasteiger partial charge is 0.244 e. The van der Waals surface area contributed by atoms with E-state index in [-0.39, 0.29) is 40.4 Å². The topological polar surface area (TPSA) is 57.7 Å². The summed E-state index contributed by atoms with van der Waals surface area (Å²) in [5, 5.41) is -0.119. The summed E-state index contributed by atoms with van der Waals surface area (Å²) in [7, 11) is -3.80. The molecular weight excluding hydrogens is 355 g/mol. The van der Waals surface area contributed by atoms with Gasteiger partial charge >= 0.3 is 0 Å². The van der Waals surface area contributed by atoms with Crippen molar-refractivity contribution >= 4 is 27.5 Å². The Hall–Kier alpha value is -1.18. The van der Waals surface area contributed by atoms with Crippen molar-refractivity contribution < 1.29 is 17.6 Å². The Labute approximate surface area is 146 Å². The monoisotopic (exact) mass is 374 g/mol. The minimum atomic E-state index is -3.80. The highest BCUT2D eigenvalue weighted by molar-refractivity contribution is 7.89. The van der Waals surface area contributed by atoms with Crippen LogP contribution in [0.4, 0.5) is 4.39 Å². The van der Waals surface area contributed by atoms with Gasteiger partial charge in [0.15, 0.2) is 0 Å². The van der Waals surface area contributed by atoms with Gasteiger partial charge in [-0.3, -0.25) is 4.79 Å². The number of sulfonamides is 1. The molecule has 0 spiro atoms. The molecule has 132 valence electrons. The second-order valence-corrected chi connectivity index (χ2v) is 8.70. The summed E-state index contributed by atoms with van der Waals surface area (Å²) in [6.07, 6.45) is 2.96. The standard InChI is InChI=1S/C16H20ClFN2O3S/c1-11-9-15(13(17)10-14(11)18)24(22,23)20-7-5-19(6-8-20)16(21)12-3-2-4-12/h9-10,12H,2-8H2,1H3. The van der Waals surface area contributed by atoms with Crippen LogP contribution in [-0.2, 0) is 14.8 Å². The molecule has 1 heterocycles. The predicted octanol–water partition coefficient (Wildman–Crippen LogP) is 2.42. The quantitative estimate of drug-likeness (QED) is 0.816. The number of carbonyl (C=O) groups excluding carboxylic acids is 1. The molecule has 1 saturated carbocycles. The van der Waals surface area contributed by atoms with Gasteiger partial charge in [-0.15, -0.1) is 0 Å². The first kappa shape index (κ1) is 17.6. The number of amides is 1. The Balaban J connectivity index is 1.73. The van der Waals surface area contributed by atoms with Crippen LogP contribution in [0.5, 0.6) is 0 Å². The first-order valence-corrected chi connectivity index (χ1v) is 9.87. The number of nitrogens with zero attached hydrogens (tertiary/aromatic N) is 2. The zero-order valence-corrected chi connectivity index (χ0v) is 15.0. The summed E-state index contributed by atoms with van der Waals surface area (Å²) in [5.74, 6) is -0.286. The van der Waals surface area contributed by atoms with E-state index in [4.69, 9.17) is 11.6 Å². The fourth-order valence-electron chi connectivity index (χ4n) is 3.03. The number of piperazine rings is 1. The lowest BCUT2D eigenvalue weighted by molar-refractivity contribution is -0.139. The lowest BCUT2D eigenvalue weighted by Crippen LogP contribution is -2.52. The summed E-state index contributed by atoms with van der Waals surface area (Å²) >= 11 is 5.94. The van der Waals surface area contributed by atoms with Gasteiger partial charge in [-0.05, 0) is 37.5 Å². The Kier molecular flexibility index (Phi) is 4.86. The van der Waals surface area contributed by atoms with Crippen LogP contribution in [0.3, 0.4) is 0 Å². The fraction of sp³-hybridized carbons (Fsp3) is 0.562. The minimum Gasteiger partial charge on any atom is -0.340 e. The third-order valence-electron chi connectivity index (χ3n) is 4.84. The van der Waals surface area contributed by atoms with Crippen LogP contribution < -0.4 is 0 Å². The largest absolute Gasteiger partial charge is 0.340 e. The Bertz CT molecular complexity index is 757. The molecule has 1 saturated heterocycles. The lowest BCUT2D eigenvalue weighted by atomic mass is 9.84. The molecule has 24 heavy (non-hydrogen) atoms. The van der Waals surface area contributed by atoms with Crippen LogP contribution in [0.25, 0.3) is 0 Å². The Morgan fingerprint density at radius 3 is 2.38 bits per heavy atom. The summed E-state index contributed by atoms with van der Waals surface area (Å²) < 4.78 is 40.4. The molecule has 1 aromatic rings. The summed E-state index contributed by atoms with van der Waals surface area (Å²) in [4.78, 5) is 13.9. The van der Waals surface area contributed by atoms with Crippen molar-refractivity contribution in [2.45, 2.75) is 31.1 Å². The van der Waals surface area contributed by atoms with Crippen molar-refractivity contribution in [3.8, 4) is 0 Å². The molecule has 1 amide bonds. The van der Waals surface area contributed by atoms with E-state index in [1.165, 1.54) is 17.3 Å². The van der Waals surface area contributed by atoms with E-state index < -0.39 is 15.8 Å². The maximum absolute atomic E-state index is 13.5. The van der Waals surface area contributed by atoms with Crippen molar-refractivity contribution in [1.29, 1.82) is 0 Å². The van der Waals surface area contributed by atoms with Gasteiger partial charge in [0.2, 0.25) is 15.9 Å².